The molecule has 0 aliphatic carbocycles. The second-order valence-electron chi connectivity index (χ2n) is 13.3. The van der Waals surface area contributed by atoms with Gasteiger partial charge in [0.1, 0.15) is 0 Å². The van der Waals surface area contributed by atoms with Crippen molar-refractivity contribution in [2.24, 2.45) is 0 Å². The number of hydrogen-bond acceptors (Lipinski definition) is 4. The van der Waals surface area contributed by atoms with Crippen LogP contribution in [0.1, 0.15) is 219 Å². The Kier molecular flexibility index (Phi) is 43.4. The fourth-order valence-electron chi connectivity index (χ4n) is 5.88. The fourth-order valence-corrected chi connectivity index (χ4v) is 5.88. The van der Waals surface area contributed by atoms with Gasteiger partial charge in [-0.3, -0.25) is 0 Å². The summed E-state index contributed by atoms with van der Waals surface area (Å²) in [5.74, 6) is -0.907. The molecule has 0 atom stereocenters. The van der Waals surface area contributed by atoms with E-state index in [1.165, 1.54) is 192 Å². The minimum atomic E-state index is -0.453. The van der Waals surface area contributed by atoms with Gasteiger partial charge < -0.3 is 9.47 Å². The summed E-state index contributed by atoms with van der Waals surface area (Å²) < 4.78 is 10.4. The Morgan fingerprint density at radius 2 is 0.511 bits per heavy atom. The number of rotatable bonds is 36. The number of unbranched alkanes of at least 4 members (excludes halogenated alkanes) is 30. The van der Waals surface area contributed by atoms with Crippen LogP contribution in [0.3, 0.4) is 0 Å². The van der Waals surface area contributed by atoms with Gasteiger partial charge in [0.25, 0.3) is 0 Å². The number of carbonyl (C=O) groups is 2. The van der Waals surface area contributed by atoms with Gasteiger partial charge in [-0.25, -0.2) is 9.59 Å². The van der Waals surface area contributed by atoms with Gasteiger partial charge in [-0.15, -0.1) is 0 Å². The van der Waals surface area contributed by atoms with E-state index in [2.05, 4.69) is 13.8 Å². The van der Waals surface area contributed by atoms with E-state index in [0.29, 0.717) is 13.2 Å². The molecule has 0 radical (unpaired) electrons. The van der Waals surface area contributed by atoms with E-state index in [0.717, 1.165) is 25.7 Å². The van der Waals surface area contributed by atoms with E-state index in [9.17, 15) is 9.59 Å². The zero-order chi connectivity index (χ0) is 32.0. The topological polar surface area (TPSA) is 52.6 Å². The van der Waals surface area contributed by atoms with Gasteiger partial charge in [0.2, 0.25) is 0 Å². The Hall–Kier alpha value is -0.320. The summed E-state index contributed by atoms with van der Waals surface area (Å²) in [5.41, 5.74) is 0. The summed E-state index contributed by atoms with van der Waals surface area (Å²) in [7, 11) is 0. The number of carbonyl (C=O) groups excluding carboxylic acids is 2. The van der Waals surface area contributed by atoms with Crippen molar-refractivity contribution in [3.8, 4) is 0 Å². The van der Waals surface area contributed by atoms with Crippen LogP contribution in [0.5, 0.6) is 0 Å². The summed E-state index contributed by atoms with van der Waals surface area (Å²) >= 11 is 0. The molecule has 0 saturated heterocycles. The molecule has 0 saturated carbocycles. The third-order valence-corrected chi connectivity index (χ3v) is 8.84. The van der Waals surface area contributed by atoms with Crippen LogP contribution in [-0.2, 0) is 19.1 Å². The standard InChI is InChI=1S/C40H76O4.Na.H/c1-3-5-7-9-11-13-15-17-19-21-23-25-27-29-31-33-37-43-39(41)35-36-40(42)44-38-34-32-30-28-26-24-22-20-18-16-14-12-10-8-6-4-2;;/h35-36H,3-34,37-38H2,1-2H3;;/b36-35+;;. The van der Waals surface area contributed by atoms with Crippen molar-refractivity contribution in [3.05, 3.63) is 12.2 Å². The summed E-state index contributed by atoms with van der Waals surface area (Å²) in [6.45, 7) is 5.41. The predicted molar refractivity (Wildman–Crippen MR) is 197 cm³/mol. The summed E-state index contributed by atoms with van der Waals surface area (Å²) in [5, 5.41) is 0. The summed E-state index contributed by atoms with van der Waals surface area (Å²) in [4.78, 5) is 23.6. The normalized spacial score (nSPS) is 11.2. The molecule has 0 unspecified atom stereocenters. The quantitative estimate of drug-likeness (QED) is 0.0295. The van der Waals surface area contributed by atoms with Crippen molar-refractivity contribution in [1.82, 2.24) is 0 Å². The molecule has 45 heavy (non-hydrogen) atoms. The van der Waals surface area contributed by atoms with Crippen LogP contribution in [0.4, 0.5) is 0 Å². The summed E-state index contributed by atoms with van der Waals surface area (Å²) in [6, 6.07) is 0. The molecular formula is C40H77NaO4. The van der Waals surface area contributed by atoms with Crippen molar-refractivity contribution in [2.45, 2.75) is 219 Å². The van der Waals surface area contributed by atoms with E-state index in [1.54, 1.807) is 0 Å². The Balaban J connectivity index is 0. The Labute approximate surface area is 303 Å². The van der Waals surface area contributed by atoms with Gasteiger partial charge in [0.15, 0.2) is 0 Å². The van der Waals surface area contributed by atoms with Gasteiger partial charge in [0.05, 0.1) is 13.2 Å². The van der Waals surface area contributed by atoms with E-state index >= 15 is 0 Å². The molecule has 262 valence electrons. The van der Waals surface area contributed by atoms with Crippen molar-refractivity contribution < 1.29 is 19.1 Å². The third kappa shape index (κ3) is 41.7. The second-order valence-corrected chi connectivity index (χ2v) is 13.3. The SMILES string of the molecule is CCCCCCCCCCCCCCCCCCOC(=O)/C=C/C(=O)OCCCCCCCCCCCCCCCCCC.[NaH]. The van der Waals surface area contributed by atoms with E-state index in [4.69, 9.17) is 9.47 Å². The molecule has 0 heterocycles. The molecule has 0 aromatic carbocycles. The molecule has 0 aromatic heterocycles. The second kappa shape index (κ2) is 41.7. The maximum absolute atomic E-state index is 11.8. The molecule has 0 aromatic rings. The number of ether oxygens (including phenoxy) is 2. The third-order valence-electron chi connectivity index (χ3n) is 8.84. The molecule has 0 aliphatic rings. The van der Waals surface area contributed by atoms with Crippen molar-refractivity contribution >= 4 is 41.5 Å². The van der Waals surface area contributed by atoms with Crippen LogP contribution in [-0.4, -0.2) is 54.7 Å². The molecule has 0 amide bonds. The van der Waals surface area contributed by atoms with Crippen LogP contribution in [0.2, 0.25) is 0 Å². The molecule has 0 spiro atoms. The Morgan fingerprint density at radius 1 is 0.333 bits per heavy atom. The first-order valence-corrected chi connectivity index (χ1v) is 19.7. The van der Waals surface area contributed by atoms with Crippen molar-refractivity contribution in [1.29, 1.82) is 0 Å². The van der Waals surface area contributed by atoms with Crippen molar-refractivity contribution in [3.63, 3.8) is 0 Å². The first-order valence-electron chi connectivity index (χ1n) is 19.7. The zero-order valence-electron chi connectivity index (χ0n) is 29.8. The van der Waals surface area contributed by atoms with Crippen molar-refractivity contribution in [2.75, 3.05) is 13.2 Å². The van der Waals surface area contributed by atoms with E-state index in [1.807, 2.05) is 0 Å². The average molecular weight is 645 g/mol. The minimum absolute atomic E-state index is 0. The number of hydrogen-bond donors (Lipinski definition) is 0. The first kappa shape index (κ1) is 46.8. The van der Waals surface area contributed by atoms with E-state index in [-0.39, 0.29) is 29.6 Å². The molecular weight excluding hydrogens is 567 g/mol. The Bertz CT molecular complexity index is 569. The van der Waals surface area contributed by atoms with Gasteiger partial charge in [0, 0.05) is 12.2 Å². The van der Waals surface area contributed by atoms with Gasteiger partial charge in [-0.05, 0) is 12.8 Å². The molecule has 5 heteroatoms. The molecule has 0 rings (SSSR count). The van der Waals surface area contributed by atoms with Crippen LogP contribution < -0.4 is 0 Å². The summed E-state index contributed by atoms with van der Waals surface area (Å²) in [6.07, 6.45) is 44.7. The molecule has 0 aliphatic heterocycles. The van der Waals surface area contributed by atoms with Crippen LogP contribution in [0.25, 0.3) is 0 Å². The predicted octanol–water partition coefficient (Wildman–Crippen LogP) is 12.5. The van der Waals surface area contributed by atoms with Crippen LogP contribution in [0.15, 0.2) is 12.2 Å². The first-order chi connectivity index (χ1) is 21.7. The van der Waals surface area contributed by atoms with Crippen LogP contribution in [0, 0.1) is 0 Å². The van der Waals surface area contributed by atoms with Gasteiger partial charge >= 0.3 is 41.5 Å². The Morgan fingerprint density at radius 3 is 0.711 bits per heavy atom. The fraction of sp³-hybridized carbons (Fsp3) is 0.900. The van der Waals surface area contributed by atoms with Crippen LogP contribution >= 0.6 is 0 Å². The molecule has 0 bridgehead atoms. The average Bonchev–Trinajstić information content (AvgIpc) is 3.03. The van der Waals surface area contributed by atoms with E-state index < -0.39 is 11.9 Å². The van der Waals surface area contributed by atoms with Gasteiger partial charge in [-0.1, -0.05) is 206 Å². The number of esters is 2. The molecule has 4 nitrogen and oxygen atoms in total. The van der Waals surface area contributed by atoms with Gasteiger partial charge in [-0.2, -0.15) is 0 Å². The monoisotopic (exact) mass is 645 g/mol. The molecule has 0 fully saturated rings. The zero-order valence-corrected chi connectivity index (χ0v) is 29.8. The molecule has 0 N–H and O–H groups in total. The maximum atomic E-state index is 11.8.